The topological polar surface area (TPSA) is 118 Å². The second-order valence-corrected chi connectivity index (χ2v) is 7.68. The van der Waals surface area contributed by atoms with Crippen molar-refractivity contribution in [3.63, 3.8) is 0 Å². The van der Waals surface area contributed by atoms with Gasteiger partial charge < -0.3 is 15.0 Å². The molecule has 0 spiro atoms. The number of fused-ring (bicyclic) bond motifs is 1. The van der Waals surface area contributed by atoms with E-state index in [0.717, 1.165) is 28.1 Å². The molecule has 1 atom stereocenters. The summed E-state index contributed by atoms with van der Waals surface area (Å²) in [4.78, 5) is 39.8. The number of methoxy groups -OCH3 is 1. The molecular weight excluding hydrogens is 436 g/mol. The van der Waals surface area contributed by atoms with Crippen LogP contribution in [0.25, 0.3) is 11.3 Å². The lowest BCUT2D eigenvalue weighted by molar-refractivity contribution is -0.119. The number of pyridine rings is 1. The number of aryl methyl sites for hydroxylation is 1. The Morgan fingerprint density at radius 3 is 2.56 bits per heavy atom. The molecule has 0 bridgehead atoms. The second kappa shape index (κ2) is 9.46. The van der Waals surface area contributed by atoms with E-state index < -0.39 is 18.0 Å². The molecule has 4 amide bonds. The summed E-state index contributed by atoms with van der Waals surface area (Å²) in [5.74, 6) is 5.88. The molecule has 0 radical (unpaired) electrons. The highest BCUT2D eigenvalue weighted by Crippen LogP contribution is 2.25. The van der Waals surface area contributed by atoms with Gasteiger partial charge in [-0.1, -0.05) is 17.9 Å². The van der Waals surface area contributed by atoms with Crippen LogP contribution in [0, 0.1) is 11.8 Å². The van der Waals surface area contributed by atoms with Gasteiger partial charge in [-0.25, -0.2) is 4.79 Å². The van der Waals surface area contributed by atoms with Crippen molar-refractivity contribution in [3.05, 3.63) is 65.6 Å². The number of ether oxygens (including phenoxy) is 1. The number of aromatic nitrogens is 3. The maximum absolute atomic E-state index is 11.5. The van der Waals surface area contributed by atoms with Crippen LogP contribution in [0.5, 0.6) is 5.75 Å². The molecule has 0 aliphatic carbocycles. The van der Waals surface area contributed by atoms with E-state index in [0.29, 0.717) is 12.1 Å². The molecule has 3 aromatic rings. The number of hydrogen-bond acceptors (Lipinski definition) is 6. The molecule has 0 saturated carbocycles. The Balaban J connectivity index is 0.000000180. The highest BCUT2D eigenvalue weighted by molar-refractivity contribution is 6.05. The monoisotopic (exact) mass is 458 g/mol. The molecule has 1 saturated heterocycles. The molecule has 2 aliphatic heterocycles. The number of carbonyl (C=O) groups is 3. The van der Waals surface area contributed by atoms with Crippen LogP contribution in [-0.2, 0) is 18.4 Å². The van der Waals surface area contributed by atoms with Crippen molar-refractivity contribution >= 4 is 17.8 Å². The number of nitrogens with zero attached hydrogens (tertiary/aromatic N) is 4. The van der Waals surface area contributed by atoms with Crippen molar-refractivity contribution < 1.29 is 19.1 Å². The van der Waals surface area contributed by atoms with E-state index in [1.165, 1.54) is 0 Å². The van der Waals surface area contributed by atoms with Crippen LogP contribution in [-0.4, -0.2) is 57.7 Å². The zero-order valence-corrected chi connectivity index (χ0v) is 18.8. The Morgan fingerprint density at radius 1 is 1.12 bits per heavy atom. The minimum Gasteiger partial charge on any atom is -0.497 e. The summed E-state index contributed by atoms with van der Waals surface area (Å²) in [5, 5.41) is 8.61. The third-order valence-electron chi connectivity index (χ3n) is 5.20. The number of urea groups is 1. The van der Waals surface area contributed by atoms with Gasteiger partial charge in [-0.05, 0) is 29.8 Å². The number of imide groups is 1. The predicted molar refractivity (Wildman–Crippen MR) is 123 cm³/mol. The maximum atomic E-state index is 11.5. The molecule has 1 fully saturated rings. The first-order valence-corrected chi connectivity index (χ1v) is 10.3. The number of carbonyl (C=O) groups excluding carboxylic acids is 3. The van der Waals surface area contributed by atoms with E-state index in [4.69, 9.17) is 4.74 Å². The van der Waals surface area contributed by atoms with Crippen LogP contribution < -0.4 is 15.4 Å². The largest absolute Gasteiger partial charge is 0.497 e. The van der Waals surface area contributed by atoms with Crippen molar-refractivity contribution in [2.45, 2.75) is 12.6 Å². The standard InChI is InChI=1S/C14H11N5O2.C10H11NO2/c1-19-8-10(7-16-19)11-4-2-9(6-15-11)3-5-12-13(20)18-14(21)17-12;1-11-6-7-3-4-8(13-2)5-9(7)10(11)12/h2,4,6-8,12H,1H3,(H2,17,18,20,21);3-5H,6H2,1-2H3. The second-order valence-electron chi connectivity index (χ2n) is 7.68. The molecule has 2 aliphatic rings. The van der Waals surface area contributed by atoms with Gasteiger partial charge in [0.15, 0.2) is 6.04 Å². The minimum atomic E-state index is -0.810. The molecule has 1 aromatic carbocycles. The third kappa shape index (κ3) is 4.88. The predicted octanol–water partition coefficient (Wildman–Crippen LogP) is 1.32. The molecule has 1 unspecified atom stereocenters. The smallest absolute Gasteiger partial charge is 0.322 e. The Labute approximate surface area is 195 Å². The Kier molecular flexibility index (Phi) is 6.27. The van der Waals surface area contributed by atoms with Crippen molar-refractivity contribution in [2.75, 3.05) is 14.2 Å². The average Bonchev–Trinajstić information content (AvgIpc) is 3.49. The van der Waals surface area contributed by atoms with Gasteiger partial charge in [0.1, 0.15) is 5.75 Å². The van der Waals surface area contributed by atoms with E-state index in [1.807, 2.05) is 31.4 Å². The lowest BCUT2D eigenvalue weighted by Crippen LogP contribution is -2.26. The van der Waals surface area contributed by atoms with Crippen molar-refractivity contribution in [1.29, 1.82) is 0 Å². The summed E-state index contributed by atoms with van der Waals surface area (Å²) >= 11 is 0. The molecule has 172 valence electrons. The zero-order valence-electron chi connectivity index (χ0n) is 18.8. The van der Waals surface area contributed by atoms with Gasteiger partial charge in [0.2, 0.25) is 0 Å². The van der Waals surface area contributed by atoms with Crippen LogP contribution in [0.1, 0.15) is 21.5 Å². The molecule has 34 heavy (non-hydrogen) atoms. The van der Waals surface area contributed by atoms with Gasteiger partial charge in [-0.2, -0.15) is 5.10 Å². The summed E-state index contributed by atoms with van der Waals surface area (Å²) in [6.07, 6.45) is 5.21. The fourth-order valence-corrected chi connectivity index (χ4v) is 3.42. The first-order valence-electron chi connectivity index (χ1n) is 10.3. The molecule has 4 heterocycles. The number of rotatable bonds is 2. The van der Waals surface area contributed by atoms with Gasteiger partial charge in [0.05, 0.1) is 19.0 Å². The van der Waals surface area contributed by atoms with Gasteiger partial charge in [-0.15, -0.1) is 0 Å². The Morgan fingerprint density at radius 2 is 1.94 bits per heavy atom. The summed E-state index contributed by atoms with van der Waals surface area (Å²) in [6, 6.07) is 7.91. The number of benzene rings is 1. The third-order valence-corrected chi connectivity index (χ3v) is 5.20. The number of amides is 4. The van der Waals surface area contributed by atoms with Crippen LogP contribution in [0.3, 0.4) is 0 Å². The molecular formula is C24H22N6O4. The first-order chi connectivity index (χ1) is 16.3. The molecule has 10 nitrogen and oxygen atoms in total. The van der Waals surface area contributed by atoms with Crippen LogP contribution in [0.4, 0.5) is 4.79 Å². The number of hydrogen-bond donors (Lipinski definition) is 2. The zero-order chi connectivity index (χ0) is 24.2. The number of nitrogens with one attached hydrogen (secondary N) is 2. The summed E-state index contributed by atoms with van der Waals surface area (Å²) < 4.78 is 6.75. The van der Waals surface area contributed by atoms with Crippen molar-refractivity contribution in [3.8, 4) is 28.8 Å². The quantitative estimate of drug-likeness (QED) is 0.442. The van der Waals surface area contributed by atoms with E-state index >= 15 is 0 Å². The van der Waals surface area contributed by atoms with E-state index in [2.05, 4.69) is 32.6 Å². The fraction of sp³-hybridized carbons (Fsp3) is 0.208. The summed E-state index contributed by atoms with van der Waals surface area (Å²) in [6.45, 7) is 0.707. The van der Waals surface area contributed by atoms with Gasteiger partial charge in [-0.3, -0.25) is 24.6 Å². The van der Waals surface area contributed by atoms with Gasteiger partial charge in [0, 0.05) is 49.7 Å². The van der Waals surface area contributed by atoms with Gasteiger partial charge >= 0.3 is 6.03 Å². The molecule has 10 heteroatoms. The fourth-order valence-electron chi connectivity index (χ4n) is 3.42. The minimum absolute atomic E-state index is 0.0777. The lowest BCUT2D eigenvalue weighted by Gasteiger charge is -2.04. The Hall–Kier alpha value is -4.65. The molecule has 2 N–H and O–H groups in total. The highest BCUT2D eigenvalue weighted by Gasteiger charge is 2.27. The average molecular weight is 458 g/mol. The lowest BCUT2D eigenvalue weighted by atomic mass is 10.1. The SMILES string of the molecule is COc1ccc2c(c1)C(=O)N(C)C2.Cn1cc(-c2ccc(C#CC3NC(=O)NC3=O)cn2)cn1. The van der Waals surface area contributed by atoms with Gasteiger partial charge in [0.25, 0.3) is 11.8 Å². The van der Waals surface area contributed by atoms with Crippen LogP contribution in [0.15, 0.2) is 48.9 Å². The Bertz CT molecular complexity index is 1320. The van der Waals surface area contributed by atoms with E-state index in [1.54, 1.807) is 48.3 Å². The van der Waals surface area contributed by atoms with Crippen molar-refractivity contribution in [1.82, 2.24) is 30.3 Å². The normalized spacial score (nSPS) is 16.0. The molecule has 2 aromatic heterocycles. The van der Waals surface area contributed by atoms with E-state index in [9.17, 15) is 14.4 Å². The molecule has 5 rings (SSSR count). The maximum Gasteiger partial charge on any atom is 0.322 e. The highest BCUT2D eigenvalue weighted by atomic mass is 16.5. The summed E-state index contributed by atoms with van der Waals surface area (Å²) in [5.41, 5.74) is 4.21. The van der Waals surface area contributed by atoms with Crippen LogP contribution in [0.2, 0.25) is 0 Å². The first kappa shape index (κ1) is 22.5. The van der Waals surface area contributed by atoms with E-state index in [-0.39, 0.29) is 5.91 Å². The van der Waals surface area contributed by atoms with Crippen LogP contribution >= 0.6 is 0 Å². The summed E-state index contributed by atoms with van der Waals surface area (Å²) in [7, 11) is 5.24. The van der Waals surface area contributed by atoms with Crippen molar-refractivity contribution in [2.24, 2.45) is 7.05 Å².